The second-order valence-electron chi connectivity index (χ2n) is 10.2. The Balaban J connectivity index is 2.28. The fraction of sp³-hybridized carbons (Fsp3) is 0.462. The Morgan fingerprint density at radius 3 is 1.62 bits per heavy atom. The maximum atomic E-state index is 12.5. The Bertz CT molecular complexity index is 1080. The molecule has 3 rings (SSSR count). The van der Waals surface area contributed by atoms with E-state index in [1.807, 2.05) is 55.4 Å². The summed E-state index contributed by atoms with van der Waals surface area (Å²) in [7, 11) is -0.919. The molecule has 0 atom stereocenters. The SMILES string of the molecule is Cc1cc(C)c(/[B-](C#[O+])=C(\OB2OC(C)(C)C(C)(C)O2)c2c(C)cc(C)cc2C)c(C)c1. The quantitative estimate of drug-likeness (QED) is 0.527. The van der Waals surface area contributed by atoms with Gasteiger partial charge in [0.05, 0.1) is 0 Å². The van der Waals surface area contributed by atoms with E-state index in [0.29, 0.717) is 5.65 Å². The van der Waals surface area contributed by atoms with Gasteiger partial charge < -0.3 is 0 Å². The van der Waals surface area contributed by atoms with Gasteiger partial charge in [0.15, 0.2) is 0 Å². The monoisotopic (exact) mass is 432 g/mol. The van der Waals surface area contributed by atoms with Crippen LogP contribution in [0.2, 0.25) is 0 Å². The molecule has 0 N–H and O–H groups in total. The van der Waals surface area contributed by atoms with E-state index in [9.17, 15) is 4.65 Å². The zero-order chi connectivity index (χ0) is 24.0. The van der Waals surface area contributed by atoms with Gasteiger partial charge in [-0.05, 0) is 0 Å². The predicted molar refractivity (Wildman–Crippen MR) is 133 cm³/mol. The molecular weight excluding hydrogens is 398 g/mol. The van der Waals surface area contributed by atoms with Crippen molar-refractivity contribution in [3.63, 3.8) is 0 Å². The third kappa shape index (κ3) is 4.51. The molecule has 0 amide bonds. The van der Waals surface area contributed by atoms with Crippen molar-refractivity contribution in [1.29, 1.82) is 0 Å². The summed E-state index contributed by atoms with van der Waals surface area (Å²) in [5.41, 5.74) is 7.71. The third-order valence-electron chi connectivity index (χ3n) is 6.78. The fourth-order valence-electron chi connectivity index (χ4n) is 4.67. The van der Waals surface area contributed by atoms with Gasteiger partial charge in [0.1, 0.15) is 0 Å². The Kier molecular flexibility index (Phi) is 6.66. The van der Waals surface area contributed by atoms with Crippen molar-refractivity contribution in [3.8, 4) is 6.05 Å². The van der Waals surface area contributed by atoms with E-state index in [4.69, 9.17) is 14.0 Å². The molecule has 1 aliphatic rings. The predicted octanol–water partition coefficient (Wildman–Crippen LogP) is 4.53. The second kappa shape index (κ2) is 8.68. The van der Waals surface area contributed by atoms with Crippen molar-refractivity contribution >= 4 is 24.8 Å². The number of rotatable bonds is 4. The first-order chi connectivity index (χ1) is 14.8. The van der Waals surface area contributed by atoms with E-state index in [0.717, 1.165) is 44.4 Å². The number of benzene rings is 2. The van der Waals surface area contributed by atoms with Crippen LogP contribution in [0.25, 0.3) is 0 Å². The van der Waals surface area contributed by atoms with Crippen molar-refractivity contribution in [1.82, 2.24) is 0 Å². The van der Waals surface area contributed by atoms with Gasteiger partial charge in [-0.25, -0.2) is 0 Å². The van der Waals surface area contributed by atoms with Crippen LogP contribution in [0.3, 0.4) is 0 Å². The van der Waals surface area contributed by atoms with E-state index in [2.05, 4.69) is 44.2 Å². The molecule has 6 heteroatoms. The molecule has 4 nitrogen and oxygen atoms in total. The van der Waals surface area contributed by atoms with Crippen molar-refractivity contribution in [2.75, 3.05) is 0 Å². The van der Waals surface area contributed by atoms with Crippen LogP contribution in [-0.2, 0) is 18.6 Å². The summed E-state index contributed by atoms with van der Waals surface area (Å²) in [6, 6.07) is 10.7. The zero-order valence-corrected chi connectivity index (χ0v) is 21.1. The summed E-state index contributed by atoms with van der Waals surface area (Å²) < 4.78 is 31.2. The Hall–Kier alpha value is -2.10. The minimum atomic E-state index is -0.919. The summed E-state index contributed by atoms with van der Waals surface area (Å²) >= 11 is 0. The molecular formula is C26H34B2O4. The summed E-state index contributed by atoms with van der Waals surface area (Å²) in [6.07, 6.45) is -0.699. The summed E-state index contributed by atoms with van der Waals surface area (Å²) in [5.74, 6) is 0. The van der Waals surface area contributed by atoms with Gasteiger partial charge in [-0.15, -0.1) is 0 Å². The molecule has 0 radical (unpaired) electrons. The first-order valence-corrected chi connectivity index (χ1v) is 11.2. The van der Waals surface area contributed by atoms with Gasteiger partial charge in [-0.2, -0.15) is 0 Å². The van der Waals surface area contributed by atoms with Gasteiger partial charge >= 0.3 is 193 Å². The first kappa shape index (κ1) is 24.5. The van der Waals surface area contributed by atoms with Crippen molar-refractivity contribution < 1.29 is 18.6 Å². The summed E-state index contributed by atoms with van der Waals surface area (Å²) in [4.78, 5) is 0. The topological polar surface area (TPSA) is 47.6 Å². The molecule has 168 valence electrons. The van der Waals surface area contributed by atoms with Crippen LogP contribution >= 0.6 is 0 Å². The van der Waals surface area contributed by atoms with E-state index in [1.54, 1.807) is 0 Å². The molecule has 2 aromatic carbocycles. The van der Waals surface area contributed by atoms with E-state index >= 15 is 0 Å². The zero-order valence-electron chi connectivity index (χ0n) is 21.1. The van der Waals surface area contributed by atoms with Crippen LogP contribution in [0.5, 0.6) is 0 Å². The van der Waals surface area contributed by atoms with Crippen LogP contribution in [-0.4, -0.2) is 30.5 Å². The first-order valence-electron chi connectivity index (χ1n) is 11.2. The van der Waals surface area contributed by atoms with Gasteiger partial charge in [0.25, 0.3) is 0 Å². The Labute approximate surface area is 193 Å². The molecule has 1 saturated heterocycles. The molecule has 0 unspecified atom stereocenters. The molecule has 0 aromatic heterocycles. The van der Waals surface area contributed by atoms with E-state index in [-0.39, 0.29) is 0 Å². The normalized spacial score (nSPS) is 17.7. The molecule has 32 heavy (non-hydrogen) atoms. The number of hydrogen-bond donors (Lipinski definition) is 0. The molecule has 1 aliphatic heterocycles. The number of hydrogen-bond acceptors (Lipinski definition) is 3. The third-order valence-corrected chi connectivity index (χ3v) is 6.78. The molecule has 2 aromatic rings. The van der Waals surface area contributed by atoms with Gasteiger partial charge in [-0.1, -0.05) is 0 Å². The van der Waals surface area contributed by atoms with Crippen molar-refractivity contribution in [3.05, 3.63) is 63.2 Å². The molecule has 0 aliphatic carbocycles. The molecule has 0 bridgehead atoms. The van der Waals surface area contributed by atoms with Crippen LogP contribution in [0.4, 0.5) is 0 Å². The maximum absolute atomic E-state index is 12.5. The second-order valence-corrected chi connectivity index (χ2v) is 10.2. The van der Waals surface area contributed by atoms with Crippen LogP contribution < -0.4 is 5.46 Å². The Morgan fingerprint density at radius 2 is 1.22 bits per heavy atom. The average molecular weight is 432 g/mol. The average Bonchev–Trinajstić information content (AvgIpc) is 2.82. The summed E-state index contributed by atoms with van der Waals surface area (Å²) in [5, 5.41) is 0. The molecule has 1 heterocycles. The molecule has 0 saturated carbocycles. The van der Waals surface area contributed by atoms with E-state index < -0.39 is 24.9 Å². The molecule has 1 fully saturated rings. The van der Waals surface area contributed by atoms with Gasteiger partial charge in [-0.3, -0.25) is 0 Å². The number of aryl methyl sites for hydroxylation is 6. The minimum absolute atomic E-state index is 0.517. The van der Waals surface area contributed by atoms with Crippen molar-refractivity contribution in [2.45, 2.75) is 80.4 Å². The van der Waals surface area contributed by atoms with Gasteiger partial charge in [0.2, 0.25) is 0 Å². The van der Waals surface area contributed by atoms with Crippen LogP contribution in [0.1, 0.15) is 66.6 Å². The molecule has 0 spiro atoms. The van der Waals surface area contributed by atoms with E-state index in [1.165, 1.54) is 0 Å². The summed E-state index contributed by atoms with van der Waals surface area (Å²) in [6.45, 7) is 20.2. The standard InChI is InChI=1S/C26H34B2O4/c1-16-11-18(3)22(19(4)12-16)24(30-28-31-25(7,8)26(9,10)32-28)27(15-29)23-20(5)13-17(2)14-21(23)6/h11-14H,1-10H3. The van der Waals surface area contributed by atoms with Gasteiger partial charge in [0, 0.05) is 0 Å². The van der Waals surface area contributed by atoms with Crippen LogP contribution in [0, 0.1) is 47.6 Å². The van der Waals surface area contributed by atoms with Crippen LogP contribution in [0.15, 0.2) is 24.3 Å². The fourth-order valence-corrected chi connectivity index (χ4v) is 4.67. The Morgan fingerprint density at radius 1 is 0.812 bits per heavy atom. The van der Waals surface area contributed by atoms with Crippen molar-refractivity contribution in [2.24, 2.45) is 0 Å².